The van der Waals surface area contributed by atoms with Crippen LogP contribution in [-0.2, 0) is 0 Å². The molecule has 0 heterocycles. The van der Waals surface area contributed by atoms with E-state index in [2.05, 4.69) is 22.4 Å². The highest BCUT2D eigenvalue weighted by Gasteiger charge is 2.04. The Kier molecular flexibility index (Phi) is 4.26. The molecule has 3 heteroatoms. The molecule has 18 heavy (non-hydrogen) atoms. The summed E-state index contributed by atoms with van der Waals surface area (Å²) in [5.41, 5.74) is 2.20. The van der Waals surface area contributed by atoms with Crippen LogP contribution in [0.4, 0.5) is 0 Å². The lowest BCUT2D eigenvalue weighted by molar-refractivity contribution is 0.414. The summed E-state index contributed by atoms with van der Waals surface area (Å²) in [6.45, 7) is 0. The van der Waals surface area contributed by atoms with Gasteiger partial charge in [-0.15, -0.1) is 0 Å². The predicted molar refractivity (Wildman–Crippen MR) is 76.2 cm³/mol. The quantitative estimate of drug-likeness (QED) is 0.848. The van der Waals surface area contributed by atoms with Gasteiger partial charge >= 0.3 is 0 Å². The van der Waals surface area contributed by atoms with Gasteiger partial charge in [-0.2, -0.15) is 0 Å². The van der Waals surface area contributed by atoms with Crippen LogP contribution in [0.1, 0.15) is 11.1 Å². The lowest BCUT2D eigenvalue weighted by Crippen LogP contribution is -1.90. The summed E-state index contributed by atoms with van der Waals surface area (Å²) in [6, 6.07) is 13.8. The topological polar surface area (TPSA) is 18.5 Å². The van der Waals surface area contributed by atoms with Crippen molar-refractivity contribution in [3.05, 3.63) is 64.5 Å². The summed E-state index contributed by atoms with van der Waals surface area (Å²) in [7, 11) is 3.33. The van der Waals surface area contributed by atoms with Gasteiger partial charge in [0.2, 0.25) is 0 Å². The monoisotopic (exact) mass is 305 g/mol. The molecule has 0 aromatic heterocycles. The van der Waals surface area contributed by atoms with Crippen molar-refractivity contribution in [2.45, 2.75) is 0 Å². The fourth-order valence-electron chi connectivity index (χ4n) is 1.64. The minimum atomic E-state index is 0.845. The summed E-state index contributed by atoms with van der Waals surface area (Å²) < 4.78 is 11.4. The van der Waals surface area contributed by atoms with Crippen LogP contribution in [0.3, 0.4) is 0 Å². The molecule has 0 saturated carbocycles. The maximum absolute atomic E-state index is 5.22. The summed E-state index contributed by atoms with van der Waals surface area (Å²) in [5, 5.41) is 0. The first kappa shape index (κ1) is 13.0. The summed E-state index contributed by atoms with van der Waals surface area (Å²) in [5.74, 6) is 1.70. The SMILES string of the molecule is COc1ccc([CH]c2cc(OC)ccc2Br)cc1. The van der Waals surface area contributed by atoms with E-state index in [9.17, 15) is 0 Å². The number of hydrogen-bond acceptors (Lipinski definition) is 2. The molecule has 0 N–H and O–H groups in total. The third kappa shape index (κ3) is 3.05. The predicted octanol–water partition coefficient (Wildman–Crippen LogP) is 4.07. The summed E-state index contributed by atoms with van der Waals surface area (Å²) in [4.78, 5) is 0. The minimum Gasteiger partial charge on any atom is -0.497 e. The van der Waals surface area contributed by atoms with Crippen LogP contribution < -0.4 is 9.47 Å². The molecule has 0 atom stereocenters. The number of benzene rings is 2. The molecule has 0 spiro atoms. The van der Waals surface area contributed by atoms with Crippen molar-refractivity contribution < 1.29 is 9.47 Å². The van der Waals surface area contributed by atoms with Gasteiger partial charge in [-0.3, -0.25) is 0 Å². The van der Waals surface area contributed by atoms with E-state index in [4.69, 9.17) is 9.47 Å². The first-order valence-electron chi connectivity index (χ1n) is 5.55. The second-order valence-electron chi connectivity index (χ2n) is 3.80. The van der Waals surface area contributed by atoms with Crippen LogP contribution in [0.15, 0.2) is 46.9 Å². The Balaban J connectivity index is 2.21. The molecule has 1 radical (unpaired) electrons. The smallest absolute Gasteiger partial charge is 0.119 e. The van der Waals surface area contributed by atoms with Gasteiger partial charge in [0.1, 0.15) is 11.5 Å². The van der Waals surface area contributed by atoms with E-state index in [1.165, 1.54) is 0 Å². The second-order valence-corrected chi connectivity index (χ2v) is 4.66. The highest BCUT2D eigenvalue weighted by Crippen LogP contribution is 2.26. The van der Waals surface area contributed by atoms with Crippen molar-refractivity contribution in [1.29, 1.82) is 0 Å². The fourth-order valence-corrected chi connectivity index (χ4v) is 2.00. The number of methoxy groups -OCH3 is 2. The van der Waals surface area contributed by atoms with E-state index in [1.807, 2.05) is 42.5 Å². The van der Waals surface area contributed by atoms with Gasteiger partial charge in [0.25, 0.3) is 0 Å². The second kappa shape index (κ2) is 5.91. The van der Waals surface area contributed by atoms with Crippen molar-refractivity contribution in [3.8, 4) is 11.5 Å². The molecular weight excluding hydrogens is 292 g/mol. The molecule has 93 valence electrons. The first-order chi connectivity index (χ1) is 8.72. The Morgan fingerprint density at radius 1 is 0.889 bits per heavy atom. The van der Waals surface area contributed by atoms with Crippen molar-refractivity contribution in [1.82, 2.24) is 0 Å². The minimum absolute atomic E-state index is 0.845. The largest absolute Gasteiger partial charge is 0.497 e. The molecule has 2 aromatic carbocycles. The molecule has 0 fully saturated rings. The van der Waals surface area contributed by atoms with Crippen LogP contribution in [0, 0.1) is 6.42 Å². The zero-order chi connectivity index (χ0) is 13.0. The lowest BCUT2D eigenvalue weighted by Gasteiger charge is -2.08. The molecule has 0 unspecified atom stereocenters. The van der Waals surface area contributed by atoms with E-state index in [0.717, 1.165) is 27.1 Å². The van der Waals surface area contributed by atoms with Gasteiger partial charge in [0, 0.05) is 10.9 Å². The number of hydrogen-bond donors (Lipinski definition) is 0. The van der Waals surface area contributed by atoms with E-state index < -0.39 is 0 Å². The zero-order valence-electron chi connectivity index (χ0n) is 10.3. The van der Waals surface area contributed by atoms with E-state index in [0.29, 0.717) is 0 Å². The molecule has 0 saturated heterocycles. The standard InChI is InChI=1S/C15H14BrO2/c1-17-13-5-3-11(4-6-13)9-12-10-14(18-2)7-8-15(12)16/h3-10H,1-2H3. The van der Waals surface area contributed by atoms with Gasteiger partial charge in [0.05, 0.1) is 14.2 Å². The molecule has 2 nitrogen and oxygen atoms in total. The van der Waals surface area contributed by atoms with Gasteiger partial charge in [-0.05, 0) is 41.5 Å². The Morgan fingerprint density at radius 2 is 1.50 bits per heavy atom. The average Bonchev–Trinajstić information content (AvgIpc) is 2.42. The Morgan fingerprint density at radius 3 is 2.11 bits per heavy atom. The summed E-state index contributed by atoms with van der Waals surface area (Å²) in [6.07, 6.45) is 2.09. The van der Waals surface area contributed by atoms with E-state index in [1.54, 1.807) is 14.2 Å². The maximum Gasteiger partial charge on any atom is 0.119 e. The van der Waals surface area contributed by atoms with Gasteiger partial charge in [-0.25, -0.2) is 0 Å². The highest BCUT2D eigenvalue weighted by molar-refractivity contribution is 9.10. The Hall–Kier alpha value is -1.48. The number of rotatable bonds is 4. The molecule has 0 aliphatic rings. The first-order valence-corrected chi connectivity index (χ1v) is 6.34. The van der Waals surface area contributed by atoms with Gasteiger partial charge in [0.15, 0.2) is 0 Å². The van der Waals surface area contributed by atoms with Crippen LogP contribution >= 0.6 is 15.9 Å². The Bertz CT molecular complexity index is 521. The fraction of sp³-hybridized carbons (Fsp3) is 0.133. The van der Waals surface area contributed by atoms with Crippen LogP contribution in [0.25, 0.3) is 0 Å². The lowest BCUT2D eigenvalue weighted by atomic mass is 10.0. The van der Waals surface area contributed by atoms with Crippen molar-refractivity contribution in [2.24, 2.45) is 0 Å². The third-order valence-corrected chi connectivity index (χ3v) is 3.36. The highest BCUT2D eigenvalue weighted by atomic mass is 79.9. The van der Waals surface area contributed by atoms with Crippen molar-refractivity contribution in [2.75, 3.05) is 14.2 Å². The van der Waals surface area contributed by atoms with E-state index >= 15 is 0 Å². The molecule has 0 bridgehead atoms. The normalized spacial score (nSPS) is 10.2. The maximum atomic E-state index is 5.22. The number of ether oxygens (including phenoxy) is 2. The molecule has 2 rings (SSSR count). The molecule has 0 aliphatic carbocycles. The molecular formula is C15H14BrO2. The number of halogens is 1. The van der Waals surface area contributed by atoms with Crippen molar-refractivity contribution >= 4 is 15.9 Å². The van der Waals surface area contributed by atoms with Crippen LogP contribution in [0.2, 0.25) is 0 Å². The molecule has 0 amide bonds. The Labute approximate surface area is 116 Å². The van der Waals surface area contributed by atoms with Crippen LogP contribution in [0.5, 0.6) is 11.5 Å². The van der Waals surface area contributed by atoms with Gasteiger partial charge in [-0.1, -0.05) is 28.1 Å². The molecule has 2 aromatic rings. The van der Waals surface area contributed by atoms with E-state index in [-0.39, 0.29) is 0 Å². The third-order valence-electron chi connectivity index (χ3n) is 2.64. The van der Waals surface area contributed by atoms with Crippen LogP contribution in [-0.4, -0.2) is 14.2 Å². The summed E-state index contributed by atoms with van der Waals surface area (Å²) >= 11 is 3.53. The molecule has 0 aliphatic heterocycles. The zero-order valence-corrected chi connectivity index (χ0v) is 11.9. The average molecular weight is 306 g/mol. The van der Waals surface area contributed by atoms with Crippen molar-refractivity contribution in [3.63, 3.8) is 0 Å². The van der Waals surface area contributed by atoms with Gasteiger partial charge < -0.3 is 9.47 Å².